The minimum Gasteiger partial charge on any atom is -0.504 e. The van der Waals surface area contributed by atoms with Crippen molar-refractivity contribution in [1.29, 1.82) is 0 Å². The molecule has 0 saturated heterocycles. The van der Waals surface area contributed by atoms with Crippen molar-refractivity contribution in [2.24, 2.45) is 5.10 Å². The molecule has 0 saturated carbocycles. The van der Waals surface area contributed by atoms with Crippen molar-refractivity contribution >= 4 is 12.1 Å². The Morgan fingerprint density at radius 1 is 1.60 bits per heavy atom. The summed E-state index contributed by atoms with van der Waals surface area (Å²) in [5, 5.41) is 13.3. The van der Waals surface area contributed by atoms with Crippen LogP contribution in [0, 0.1) is 0 Å². The van der Waals surface area contributed by atoms with Gasteiger partial charge in [-0.3, -0.25) is 4.79 Å². The third kappa shape index (κ3) is 2.98. The Labute approximate surface area is 87.4 Å². The summed E-state index contributed by atoms with van der Waals surface area (Å²) in [6.07, 6.45) is 1.35. The van der Waals surface area contributed by atoms with E-state index < -0.39 is 0 Å². The molecular weight excluding hydrogens is 196 g/mol. The molecule has 0 fully saturated rings. The smallest absolute Gasteiger partial charge is 0.236 e. The van der Waals surface area contributed by atoms with Crippen molar-refractivity contribution in [2.45, 2.75) is 6.92 Å². The van der Waals surface area contributed by atoms with E-state index in [1.807, 2.05) is 0 Å². The van der Waals surface area contributed by atoms with Crippen LogP contribution in [0.25, 0.3) is 0 Å². The molecule has 0 aliphatic rings. The number of phenols is 1. The zero-order valence-corrected chi connectivity index (χ0v) is 8.52. The third-order valence-corrected chi connectivity index (χ3v) is 1.68. The second-order valence-corrected chi connectivity index (χ2v) is 2.82. The van der Waals surface area contributed by atoms with Crippen LogP contribution in [0.4, 0.5) is 0 Å². The van der Waals surface area contributed by atoms with Crippen LogP contribution in [0.1, 0.15) is 12.5 Å². The van der Waals surface area contributed by atoms with Crippen molar-refractivity contribution in [3.63, 3.8) is 0 Å². The van der Waals surface area contributed by atoms with Gasteiger partial charge in [-0.2, -0.15) is 5.10 Å². The molecule has 80 valence electrons. The lowest BCUT2D eigenvalue weighted by Gasteiger charge is -2.04. The highest BCUT2D eigenvalue weighted by Crippen LogP contribution is 2.27. The van der Waals surface area contributed by atoms with E-state index in [0.29, 0.717) is 11.3 Å². The van der Waals surface area contributed by atoms with Crippen molar-refractivity contribution in [3.8, 4) is 11.5 Å². The number of ether oxygens (including phenoxy) is 1. The summed E-state index contributed by atoms with van der Waals surface area (Å²) in [5.41, 5.74) is 2.71. The first-order chi connectivity index (χ1) is 7.15. The molecule has 2 N–H and O–H groups in total. The van der Waals surface area contributed by atoms with Crippen LogP contribution >= 0.6 is 0 Å². The number of nitrogens with zero attached hydrogens (tertiary/aromatic N) is 1. The van der Waals surface area contributed by atoms with Gasteiger partial charge in [-0.25, -0.2) is 5.43 Å². The van der Waals surface area contributed by atoms with Crippen LogP contribution in [0.15, 0.2) is 23.3 Å². The Balaban J connectivity index is 2.85. The maximum atomic E-state index is 10.5. The van der Waals surface area contributed by atoms with Crippen molar-refractivity contribution in [3.05, 3.63) is 23.8 Å². The van der Waals surface area contributed by atoms with Gasteiger partial charge in [0, 0.05) is 12.5 Å². The van der Waals surface area contributed by atoms with Crippen LogP contribution in [0.3, 0.4) is 0 Å². The van der Waals surface area contributed by atoms with Gasteiger partial charge >= 0.3 is 0 Å². The van der Waals surface area contributed by atoms with E-state index in [1.165, 1.54) is 20.2 Å². The Bertz CT molecular complexity index is 388. The van der Waals surface area contributed by atoms with Gasteiger partial charge in [0.2, 0.25) is 5.91 Å². The number of carbonyl (C=O) groups excluding carboxylic acids is 1. The second kappa shape index (κ2) is 4.99. The van der Waals surface area contributed by atoms with Crippen LogP contribution < -0.4 is 10.2 Å². The Hall–Kier alpha value is -2.04. The van der Waals surface area contributed by atoms with Crippen molar-refractivity contribution < 1.29 is 14.6 Å². The van der Waals surface area contributed by atoms with Crippen LogP contribution in [-0.4, -0.2) is 24.3 Å². The number of hydrogen-bond donors (Lipinski definition) is 2. The number of rotatable bonds is 3. The van der Waals surface area contributed by atoms with Gasteiger partial charge in [0.25, 0.3) is 0 Å². The average Bonchev–Trinajstić information content (AvgIpc) is 2.20. The van der Waals surface area contributed by atoms with E-state index in [9.17, 15) is 9.90 Å². The number of amides is 1. The van der Waals surface area contributed by atoms with Crippen LogP contribution in [0.5, 0.6) is 11.5 Å². The molecule has 0 radical (unpaired) electrons. The average molecular weight is 208 g/mol. The molecule has 0 heterocycles. The fourth-order valence-corrected chi connectivity index (χ4v) is 1.00. The Kier molecular flexibility index (Phi) is 3.68. The van der Waals surface area contributed by atoms with E-state index in [-0.39, 0.29) is 11.7 Å². The summed E-state index contributed by atoms with van der Waals surface area (Å²) in [6, 6.07) is 5.00. The molecule has 1 aromatic rings. The molecule has 0 aromatic heterocycles. The van der Waals surface area contributed by atoms with Crippen molar-refractivity contribution in [1.82, 2.24) is 5.43 Å². The summed E-state index contributed by atoms with van der Waals surface area (Å²) >= 11 is 0. The number of hydrogen-bond acceptors (Lipinski definition) is 4. The lowest BCUT2D eigenvalue weighted by molar-refractivity contribution is -0.118. The van der Waals surface area contributed by atoms with Crippen LogP contribution in [-0.2, 0) is 4.79 Å². The number of methoxy groups -OCH3 is 1. The maximum Gasteiger partial charge on any atom is 0.236 e. The van der Waals surface area contributed by atoms with E-state index in [2.05, 4.69) is 10.5 Å². The molecule has 0 bridgehead atoms. The minimum absolute atomic E-state index is 0.00546. The fourth-order valence-electron chi connectivity index (χ4n) is 1.00. The highest BCUT2D eigenvalue weighted by atomic mass is 16.5. The number of para-hydroxylation sites is 1. The molecule has 0 unspecified atom stereocenters. The molecule has 0 spiro atoms. The molecule has 5 heteroatoms. The molecular formula is C10H12N2O3. The van der Waals surface area contributed by atoms with Crippen molar-refractivity contribution in [2.75, 3.05) is 7.11 Å². The molecule has 5 nitrogen and oxygen atoms in total. The summed E-state index contributed by atoms with van der Waals surface area (Å²) in [6.45, 7) is 1.35. The SMILES string of the molecule is COc1cccc(/C=N\NC(C)=O)c1O. The first kappa shape index (κ1) is 11.0. The molecule has 0 atom stereocenters. The summed E-state index contributed by atoms with van der Waals surface area (Å²) in [4.78, 5) is 10.5. The van der Waals surface area contributed by atoms with Gasteiger partial charge in [-0.05, 0) is 12.1 Å². The third-order valence-electron chi connectivity index (χ3n) is 1.68. The quantitative estimate of drug-likeness (QED) is 0.572. The predicted molar refractivity (Wildman–Crippen MR) is 56.1 cm³/mol. The second-order valence-electron chi connectivity index (χ2n) is 2.82. The van der Waals surface area contributed by atoms with Gasteiger partial charge in [0.15, 0.2) is 11.5 Å². The van der Waals surface area contributed by atoms with E-state index in [4.69, 9.17) is 4.74 Å². The van der Waals surface area contributed by atoms with Gasteiger partial charge in [-0.1, -0.05) is 6.07 Å². The number of phenolic OH excluding ortho intramolecular Hbond substituents is 1. The predicted octanol–water partition coefficient (Wildman–Crippen LogP) is 0.871. The van der Waals surface area contributed by atoms with E-state index in [1.54, 1.807) is 18.2 Å². The van der Waals surface area contributed by atoms with E-state index >= 15 is 0 Å². The maximum absolute atomic E-state index is 10.5. The number of hydrazone groups is 1. The Morgan fingerprint density at radius 3 is 2.93 bits per heavy atom. The first-order valence-corrected chi connectivity index (χ1v) is 4.30. The Morgan fingerprint density at radius 2 is 2.33 bits per heavy atom. The summed E-state index contributed by atoms with van der Waals surface area (Å²) in [5.74, 6) is 0.0875. The highest BCUT2D eigenvalue weighted by molar-refractivity contribution is 5.85. The van der Waals surface area contributed by atoms with Gasteiger partial charge in [0.05, 0.1) is 13.3 Å². The summed E-state index contributed by atoms with van der Waals surface area (Å²) < 4.78 is 4.91. The van der Waals surface area contributed by atoms with Gasteiger partial charge in [0.1, 0.15) is 0 Å². The normalized spacial score (nSPS) is 10.3. The van der Waals surface area contributed by atoms with Gasteiger partial charge in [-0.15, -0.1) is 0 Å². The minimum atomic E-state index is -0.270. The molecule has 0 aliphatic carbocycles. The summed E-state index contributed by atoms with van der Waals surface area (Å²) in [7, 11) is 1.46. The molecule has 15 heavy (non-hydrogen) atoms. The van der Waals surface area contributed by atoms with Gasteiger partial charge < -0.3 is 9.84 Å². The zero-order chi connectivity index (χ0) is 11.3. The van der Waals surface area contributed by atoms with Crippen LogP contribution in [0.2, 0.25) is 0 Å². The number of aromatic hydroxyl groups is 1. The molecule has 1 aromatic carbocycles. The number of nitrogens with one attached hydrogen (secondary N) is 1. The zero-order valence-electron chi connectivity index (χ0n) is 8.52. The highest BCUT2D eigenvalue weighted by Gasteiger charge is 2.04. The lowest BCUT2D eigenvalue weighted by Crippen LogP contribution is -2.12. The van der Waals surface area contributed by atoms with E-state index in [0.717, 1.165) is 0 Å². The molecule has 0 aliphatic heterocycles. The fraction of sp³-hybridized carbons (Fsp3) is 0.200. The first-order valence-electron chi connectivity index (χ1n) is 4.30. The molecule has 1 rings (SSSR count). The lowest BCUT2D eigenvalue weighted by atomic mass is 10.2. The topological polar surface area (TPSA) is 70.9 Å². The monoisotopic (exact) mass is 208 g/mol. The number of benzene rings is 1. The molecule has 1 amide bonds. The number of carbonyl (C=O) groups is 1. The largest absolute Gasteiger partial charge is 0.504 e. The standard InChI is InChI=1S/C10H12N2O3/c1-7(13)12-11-6-8-4-3-5-9(15-2)10(8)14/h3-6,14H,1-2H3,(H,12,13)/b11-6-.